The lowest BCUT2D eigenvalue weighted by molar-refractivity contribution is 0.790. The van der Waals surface area contributed by atoms with Gasteiger partial charge in [0.25, 0.3) is 0 Å². The summed E-state index contributed by atoms with van der Waals surface area (Å²) >= 11 is 0. The minimum Gasteiger partial charge on any atom is -0.260 e. The maximum absolute atomic E-state index is 4.83. The first kappa shape index (κ1) is 20.3. The first-order chi connectivity index (χ1) is 18.9. The number of pyridine rings is 2. The number of aromatic nitrogens is 2. The van der Waals surface area contributed by atoms with E-state index in [0.717, 1.165) is 11.9 Å². The van der Waals surface area contributed by atoms with Gasteiger partial charge in [-0.3, -0.25) is 9.97 Å². The van der Waals surface area contributed by atoms with Gasteiger partial charge < -0.3 is 0 Å². The van der Waals surface area contributed by atoms with Gasteiger partial charge in [0, 0.05) is 29.3 Å². The Morgan fingerprint density at radius 2 is 1.32 bits per heavy atom. The van der Waals surface area contributed by atoms with Crippen LogP contribution in [0.1, 0.15) is 29.2 Å². The Bertz CT molecular complexity index is 2160. The molecule has 0 radical (unpaired) electrons. The monoisotopic (exact) mass is 482 g/mol. The van der Waals surface area contributed by atoms with Crippen molar-refractivity contribution in [2.45, 2.75) is 12.3 Å². The van der Waals surface area contributed by atoms with Crippen molar-refractivity contribution in [1.29, 1.82) is 0 Å². The Balaban J connectivity index is 1.35. The summed E-state index contributed by atoms with van der Waals surface area (Å²) < 4.78 is 0. The fourth-order valence-electron chi connectivity index (χ4n) is 7.02. The second-order valence-electron chi connectivity index (χ2n) is 10.5. The first-order valence-electron chi connectivity index (χ1n) is 13.3. The van der Waals surface area contributed by atoms with Gasteiger partial charge in [0.2, 0.25) is 0 Å². The maximum atomic E-state index is 4.83. The van der Waals surface area contributed by atoms with Crippen LogP contribution in [0.15, 0.2) is 109 Å². The third-order valence-corrected chi connectivity index (χ3v) is 8.63. The van der Waals surface area contributed by atoms with E-state index in [1.54, 1.807) is 0 Å². The summed E-state index contributed by atoms with van der Waals surface area (Å²) in [6.45, 7) is 0. The summed E-state index contributed by atoms with van der Waals surface area (Å²) in [5, 5.41) is 9.26. The number of hydrogen-bond acceptors (Lipinski definition) is 2. The Morgan fingerprint density at radius 3 is 2.26 bits per heavy atom. The van der Waals surface area contributed by atoms with Crippen LogP contribution in [0, 0.1) is 0 Å². The van der Waals surface area contributed by atoms with Crippen LogP contribution in [0.2, 0.25) is 0 Å². The second-order valence-corrected chi connectivity index (χ2v) is 10.5. The average molecular weight is 483 g/mol. The van der Waals surface area contributed by atoms with Crippen LogP contribution in [0.5, 0.6) is 0 Å². The second kappa shape index (κ2) is 7.36. The van der Waals surface area contributed by atoms with Gasteiger partial charge in [-0.1, -0.05) is 91.0 Å². The fraction of sp³-hybridized carbons (Fsp3) is 0.0556. The predicted molar refractivity (Wildman–Crippen MR) is 158 cm³/mol. The van der Waals surface area contributed by atoms with E-state index in [1.807, 2.05) is 24.5 Å². The van der Waals surface area contributed by atoms with Crippen LogP contribution in [0.4, 0.5) is 0 Å². The lowest BCUT2D eigenvalue weighted by Gasteiger charge is -2.23. The van der Waals surface area contributed by atoms with Crippen LogP contribution in [0.25, 0.3) is 71.6 Å². The van der Waals surface area contributed by atoms with Crippen molar-refractivity contribution in [2.75, 3.05) is 0 Å². The third-order valence-electron chi connectivity index (χ3n) is 8.63. The molecular weight excluding hydrogens is 460 g/mol. The van der Waals surface area contributed by atoms with Gasteiger partial charge in [-0.15, -0.1) is 0 Å². The number of rotatable bonds is 2. The van der Waals surface area contributed by atoms with E-state index in [1.165, 1.54) is 76.8 Å². The summed E-state index contributed by atoms with van der Waals surface area (Å²) in [6.07, 6.45) is 9.31. The molecule has 1 unspecified atom stereocenters. The van der Waals surface area contributed by atoms with E-state index in [4.69, 9.17) is 9.97 Å². The fourth-order valence-corrected chi connectivity index (χ4v) is 7.02. The van der Waals surface area contributed by atoms with Gasteiger partial charge in [0.15, 0.2) is 0 Å². The Hall–Kier alpha value is -4.82. The molecule has 0 bridgehead atoms. The minimum absolute atomic E-state index is 0.267. The Labute approximate surface area is 219 Å². The van der Waals surface area contributed by atoms with Crippen LogP contribution in [0.3, 0.4) is 0 Å². The topological polar surface area (TPSA) is 25.8 Å². The van der Waals surface area contributed by atoms with Crippen LogP contribution in [-0.4, -0.2) is 9.97 Å². The van der Waals surface area contributed by atoms with E-state index in [0.29, 0.717) is 0 Å². The zero-order chi connectivity index (χ0) is 24.8. The lowest BCUT2D eigenvalue weighted by atomic mass is 9.82. The maximum Gasteiger partial charge on any atom is 0.0780 e. The molecule has 9 rings (SSSR count). The molecule has 0 spiro atoms. The molecule has 2 heteroatoms. The van der Waals surface area contributed by atoms with Crippen molar-refractivity contribution in [3.05, 3.63) is 126 Å². The summed E-state index contributed by atoms with van der Waals surface area (Å²) in [5.74, 6) is 0.267. The quantitative estimate of drug-likeness (QED) is 0.229. The zero-order valence-electron chi connectivity index (χ0n) is 20.6. The number of para-hydroxylation sites is 1. The van der Waals surface area contributed by atoms with E-state index in [9.17, 15) is 0 Å². The SMILES string of the molecule is C1=Cc2cccnc2C(c2ccc3c4c2ccc2ccc5c(-c6cccc7cccnc67)ccc-3c5c24)C1. The van der Waals surface area contributed by atoms with Gasteiger partial charge in [-0.25, -0.2) is 0 Å². The van der Waals surface area contributed by atoms with Gasteiger partial charge in [-0.05, 0) is 78.7 Å². The molecule has 1 atom stereocenters. The molecule has 176 valence electrons. The molecule has 5 aromatic carbocycles. The molecule has 2 nitrogen and oxygen atoms in total. The van der Waals surface area contributed by atoms with Crippen molar-refractivity contribution in [3.8, 4) is 22.3 Å². The molecule has 0 fully saturated rings. The molecule has 2 aliphatic rings. The highest BCUT2D eigenvalue weighted by Gasteiger charge is 2.27. The molecule has 0 saturated heterocycles. The summed E-state index contributed by atoms with van der Waals surface area (Å²) in [4.78, 5) is 9.59. The smallest absolute Gasteiger partial charge is 0.0780 e. The Kier molecular flexibility index (Phi) is 3.93. The number of allylic oxidation sites excluding steroid dienone is 1. The molecule has 0 saturated carbocycles. The van der Waals surface area contributed by atoms with E-state index >= 15 is 0 Å². The van der Waals surface area contributed by atoms with Crippen LogP contribution >= 0.6 is 0 Å². The molecular formula is C36H22N2. The lowest BCUT2D eigenvalue weighted by Crippen LogP contribution is -2.08. The van der Waals surface area contributed by atoms with Crippen molar-refractivity contribution < 1.29 is 0 Å². The predicted octanol–water partition coefficient (Wildman–Crippen LogP) is 9.29. The minimum atomic E-state index is 0.267. The van der Waals surface area contributed by atoms with Crippen molar-refractivity contribution in [3.63, 3.8) is 0 Å². The van der Waals surface area contributed by atoms with E-state index in [-0.39, 0.29) is 5.92 Å². The largest absolute Gasteiger partial charge is 0.260 e. The summed E-state index contributed by atoms with van der Waals surface area (Å²) in [5.41, 5.74) is 9.96. The highest BCUT2D eigenvalue weighted by molar-refractivity contribution is 6.34. The van der Waals surface area contributed by atoms with E-state index in [2.05, 4.69) is 91.0 Å². The van der Waals surface area contributed by atoms with Gasteiger partial charge in [0.05, 0.1) is 11.2 Å². The molecule has 38 heavy (non-hydrogen) atoms. The van der Waals surface area contributed by atoms with Gasteiger partial charge in [-0.2, -0.15) is 0 Å². The molecule has 0 N–H and O–H groups in total. The van der Waals surface area contributed by atoms with Crippen molar-refractivity contribution >= 4 is 49.3 Å². The van der Waals surface area contributed by atoms with E-state index < -0.39 is 0 Å². The highest BCUT2D eigenvalue weighted by Crippen LogP contribution is 2.52. The number of nitrogens with zero attached hydrogens (tertiary/aromatic N) is 2. The van der Waals surface area contributed by atoms with Gasteiger partial charge >= 0.3 is 0 Å². The summed E-state index contributed by atoms with van der Waals surface area (Å²) in [6, 6.07) is 33.4. The molecule has 0 amide bonds. The van der Waals surface area contributed by atoms with Crippen molar-refractivity contribution in [2.24, 2.45) is 0 Å². The zero-order valence-corrected chi connectivity index (χ0v) is 20.6. The number of fused-ring (bicyclic) bond motifs is 3. The molecule has 2 aliphatic carbocycles. The molecule has 0 aliphatic heterocycles. The summed E-state index contributed by atoms with van der Waals surface area (Å²) in [7, 11) is 0. The number of hydrogen-bond donors (Lipinski definition) is 0. The molecule has 2 aromatic heterocycles. The normalized spacial score (nSPS) is 15.4. The number of benzene rings is 5. The van der Waals surface area contributed by atoms with Crippen molar-refractivity contribution in [1.82, 2.24) is 9.97 Å². The Morgan fingerprint density at radius 1 is 0.553 bits per heavy atom. The standard InChI is InChI=1S/C36H22N2/c1-5-22-7-3-19-37-35(22)30(9-1)24-15-17-28-29-18-16-25(31-10-2-6-23-8-4-20-38-36(23)31)27-14-12-21-11-13-26(24)33(28)32(21)34(27)29/h1-9,11-20,31H,10H2. The average Bonchev–Trinajstić information content (AvgIpc) is 3.33. The third kappa shape index (κ3) is 2.57. The van der Waals surface area contributed by atoms with Gasteiger partial charge in [0.1, 0.15) is 0 Å². The van der Waals surface area contributed by atoms with Crippen LogP contribution < -0.4 is 0 Å². The molecule has 2 heterocycles. The van der Waals surface area contributed by atoms with Crippen LogP contribution in [-0.2, 0) is 0 Å². The first-order valence-corrected chi connectivity index (χ1v) is 13.3. The highest BCUT2D eigenvalue weighted by atomic mass is 14.7. The molecule has 7 aromatic rings.